The fourth-order valence-electron chi connectivity index (χ4n) is 2.00. The minimum atomic E-state index is -4.44. The van der Waals surface area contributed by atoms with E-state index in [2.05, 4.69) is 10.6 Å². The van der Waals surface area contributed by atoms with E-state index < -0.39 is 23.9 Å². The molecule has 1 atom stereocenters. The predicted molar refractivity (Wildman–Crippen MR) is 71.8 cm³/mol. The third kappa shape index (κ3) is 4.93. The fourth-order valence-corrected chi connectivity index (χ4v) is 2.00. The van der Waals surface area contributed by atoms with Gasteiger partial charge in [0.15, 0.2) is 0 Å². The summed E-state index contributed by atoms with van der Waals surface area (Å²) in [7, 11) is 0. The highest BCUT2D eigenvalue weighted by molar-refractivity contribution is 5.89. The number of carbonyl (C=O) groups is 1. The molecule has 21 heavy (non-hydrogen) atoms. The molecule has 1 aromatic rings. The lowest BCUT2D eigenvalue weighted by Crippen LogP contribution is -2.31. The van der Waals surface area contributed by atoms with Crippen LogP contribution in [0.2, 0.25) is 0 Å². The van der Waals surface area contributed by atoms with Crippen molar-refractivity contribution in [2.45, 2.75) is 31.5 Å². The Kier molecular flexibility index (Phi) is 4.72. The number of nitrogens with one attached hydrogen (secondary N) is 2. The largest absolute Gasteiger partial charge is 0.416 e. The molecule has 0 saturated heterocycles. The van der Waals surface area contributed by atoms with Crippen molar-refractivity contribution in [1.82, 2.24) is 5.32 Å². The Bertz CT molecular complexity index is 501. The smallest absolute Gasteiger partial charge is 0.393 e. The summed E-state index contributed by atoms with van der Waals surface area (Å²) in [4.78, 5) is 11.6. The first-order valence-corrected chi connectivity index (χ1v) is 6.76. The number of urea groups is 1. The van der Waals surface area contributed by atoms with Gasteiger partial charge in [0.05, 0.1) is 11.7 Å². The van der Waals surface area contributed by atoms with Crippen LogP contribution >= 0.6 is 0 Å². The maximum absolute atomic E-state index is 12.5. The van der Waals surface area contributed by atoms with Crippen LogP contribution in [0, 0.1) is 5.92 Å². The Morgan fingerprint density at radius 3 is 2.71 bits per heavy atom. The van der Waals surface area contributed by atoms with Gasteiger partial charge in [0, 0.05) is 12.2 Å². The third-order valence-electron chi connectivity index (χ3n) is 3.34. The van der Waals surface area contributed by atoms with Gasteiger partial charge in [-0.25, -0.2) is 4.79 Å². The molecule has 1 aliphatic carbocycles. The molecule has 3 N–H and O–H groups in total. The lowest BCUT2D eigenvalue weighted by molar-refractivity contribution is -0.137. The summed E-state index contributed by atoms with van der Waals surface area (Å²) in [6.45, 7) is 0.280. The van der Waals surface area contributed by atoms with Gasteiger partial charge in [-0.15, -0.1) is 0 Å². The Hall–Kier alpha value is -1.76. The molecule has 0 bridgehead atoms. The van der Waals surface area contributed by atoms with Crippen LogP contribution < -0.4 is 10.6 Å². The quantitative estimate of drug-likeness (QED) is 0.783. The molecule has 0 aromatic heterocycles. The highest BCUT2D eigenvalue weighted by Crippen LogP contribution is 2.33. The first kappa shape index (κ1) is 15.6. The van der Waals surface area contributed by atoms with Crippen molar-refractivity contribution in [3.05, 3.63) is 29.8 Å². The van der Waals surface area contributed by atoms with Gasteiger partial charge in [0.2, 0.25) is 0 Å². The number of carbonyl (C=O) groups excluding carboxylic acids is 1. The summed E-state index contributed by atoms with van der Waals surface area (Å²) in [5.74, 6) is 0.332. The predicted octanol–water partition coefficient (Wildman–Crippen LogP) is 2.99. The Labute approximate surface area is 120 Å². The highest BCUT2D eigenvalue weighted by Gasteiger charge is 2.30. The maximum Gasteiger partial charge on any atom is 0.416 e. The number of aliphatic hydroxyl groups excluding tert-OH is 1. The van der Waals surface area contributed by atoms with E-state index in [4.69, 9.17) is 0 Å². The Morgan fingerprint density at radius 2 is 2.10 bits per heavy atom. The van der Waals surface area contributed by atoms with E-state index in [0.29, 0.717) is 12.3 Å². The second kappa shape index (κ2) is 6.34. The Balaban J connectivity index is 1.79. The second-order valence-electron chi connectivity index (χ2n) is 5.15. The van der Waals surface area contributed by atoms with Crippen molar-refractivity contribution in [2.75, 3.05) is 11.9 Å². The van der Waals surface area contributed by atoms with E-state index in [9.17, 15) is 23.1 Å². The minimum absolute atomic E-state index is 0.0741. The zero-order valence-electron chi connectivity index (χ0n) is 11.3. The average Bonchev–Trinajstić information content (AvgIpc) is 3.22. The number of hydrogen-bond acceptors (Lipinski definition) is 2. The summed E-state index contributed by atoms with van der Waals surface area (Å²) in [6.07, 6.45) is -2.39. The van der Waals surface area contributed by atoms with Gasteiger partial charge in [-0.3, -0.25) is 0 Å². The number of halogens is 3. The van der Waals surface area contributed by atoms with Crippen molar-refractivity contribution >= 4 is 11.7 Å². The fraction of sp³-hybridized carbons (Fsp3) is 0.500. The molecular weight excluding hydrogens is 285 g/mol. The molecule has 1 aromatic carbocycles. The monoisotopic (exact) mass is 302 g/mol. The van der Waals surface area contributed by atoms with E-state index in [1.54, 1.807) is 0 Å². The van der Waals surface area contributed by atoms with Crippen molar-refractivity contribution in [3.8, 4) is 0 Å². The van der Waals surface area contributed by atoms with Gasteiger partial charge >= 0.3 is 12.2 Å². The molecule has 1 saturated carbocycles. The molecule has 116 valence electrons. The number of benzene rings is 1. The summed E-state index contributed by atoms with van der Waals surface area (Å²) in [5.41, 5.74) is -0.741. The van der Waals surface area contributed by atoms with E-state index in [1.165, 1.54) is 12.1 Å². The van der Waals surface area contributed by atoms with Crippen molar-refractivity contribution in [2.24, 2.45) is 5.92 Å². The maximum atomic E-state index is 12.5. The summed E-state index contributed by atoms with van der Waals surface area (Å²) < 4.78 is 37.6. The molecule has 2 rings (SSSR count). The van der Waals surface area contributed by atoms with Crippen molar-refractivity contribution in [1.29, 1.82) is 0 Å². The second-order valence-corrected chi connectivity index (χ2v) is 5.15. The molecular formula is C14H17F3N2O2. The summed E-state index contributed by atoms with van der Waals surface area (Å²) in [5, 5.41) is 14.5. The SMILES string of the molecule is O=C(NCC[C@@H](O)C1CC1)Nc1cccc(C(F)(F)F)c1. The van der Waals surface area contributed by atoms with E-state index in [1.807, 2.05) is 0 Å². The topological polar surface area (TPSA) is 61.4 Å². The number of anilines is 1. The molecule has 0 radical (unpaired) electrons. The number of aliphatic hydroxyl groups is 1. The first-order chi connectivity index (χ1) is 9.86. The molecule has 0 unspecified atom stereocenters. The minimum Gasteiger partial charge on any atom is -0.393 e. The molecule has 4 nitrogen and oxygen atoms in total. The van der Waals surface area contributed by atoms with Gasteiger partial charge in [-0.1, -0.05) is 6.07 Å². The number of rotatable bonds is 5. The number of alkyl halides is 3. The summed E-state index contributed by atoms with van der Waals surface area (Å²) in [6, 6.07) is 3.84. The van der Waals surface area contributed by atoms with Crippen molar-refractivity contribution < 1.29 is 23.1 Å². The third-order valence-corrected chi connectivity index (χ3v) is 3.34. The molecule has 1 aliphatic rings. The van der Waals surface area contributed by atoms with Crippen LogP contribution in [-0.2, 0) is 6.18 Å². The first-order valence-electron chi connectivity index (χ1n) is 6.76. The van der Waals surface area contributed by atoms with Crippen LogP contribution in [-0.4, -0.2) is 23.8 Å². The molecule has 0 aliphatic heterocycles. The van der Waals surface area contributed by atoms with Gasteiger partial charge in [0.1, 0.15) is 0 Å². The standard InChI is InChI=1S/C14H17F3N2O2/c15-14(16,17)10-2-1-3-11(8-10)19-13(21)18-7-6-12(20)9-4-5-9/h1-3,8-9,12,20H,4-7H2,(H2,18,19,21)/t12-/m1/s1. The van der Waals surface area contributed by atoms with Crippen LogP contribution in [0.25, 0.3) is 0 Å². The van der Waals surface area contributed by atoms with E-state index in [0.717, 1.165) is 25.0 Å². The van der Waals surface area contributed by atoms with E-state index >= 15 is 0 Å². The molecule has 0 spiro atoms. The summed E-state index contributed by atoms with van der Waals surface area (Å²) >= 11 is 0. The molecule has 2 amide bonds. The zero-order valence-corrected chi connectivity index (χ0v) is 11.3. The van der Waals surface area contributed by atoms with Crippen molar-refractivity contribution in [3.63, 3.8) is 0 Å². The molecule has 7 heteroatoms. The Morgan fingerprint density at radius 1 is 1.38 bits per heavy atom. The van der Waals surface area contributed by atoms with Crippen LogP contribution in [0.15, 0.2) is 24.3 Å². The molecule has 1 fully saturated rings. The van der Waals surface area contributed by atoms with Crippen LogP contribution in [0.3, 0.4) is 0 Å². The lowest BCUT2D eigenvalue weighted by atomic mass is 10.2. The number of amides is 2. The normalized spacial score (nSPS) is 16.4. The highest BCUT2D eigenvalue weighted by atomic mass is 19.4. The van der Waals surface area contributed by atoms with Gasteiger partial charge in [-0.05, 0) is 43.4 Å². The number of hydrogen-bond donors (Lipinski definition) is 3. The van der Waals surface area contributed by atoms with Gasteiger partial charge < -0.3 is 15.7 Å². The molecule has 0 heterocycles. The van der Waals surface area contributed by atoms with Crippen LogP contribution in [0.5, 0.6) is 0 Å². The lowest BCUT2D eigenvalue weighted by Gasteiger charge is -2.12. The van der Waals surface area contributed by atoms with Crippen LogP contribution in [0.4, 0.5) is 23.7 Å². The zero-order chi connectivity index (χ0) is 15.5. The average molecular weight is 302 g/mol. The van der Waals surface area contributed by atoms with Gasteiger partial charge in [-0.2, -0.15) is 13.2 Å². The van der Waals surface area contributed by atoms with Gasteiger partial charge in [0.25, 0.3) is 0 Å². The van der Waals surface area contributed by atoms with E-state index in [-0.39, 0.29) is 12.2 Å². The van der Waals surface area contributed by atoms with Crippen LogP contribution in [0.1, 0.15) is 24.8 Å².